The Kier molecular flexibility index (Phi) is 6.69. The fourth-order valence-electron chi connectivity index (χ4n) is 4.49. The molecule has 5 heterocycles. The number of benzene rings is 1. The second kappa shape index (κ2) is 10.5. The third kappa shape index (κ3) is 5.01. The van der Waals surface area contributed by atoms with Crippen LogP contribution in [0.4, 0.5) is 32.1 Å². The van der Waals surface area contributed by atoms with E-state index in [4.69, 9.17) is 9.26 Å². The first-order valence-corrected chi connectivity index (χ1v) is 12.5. The maximum Gasteiger partial charge on any atom is 0.370 e. The number of fused-ring (bicyclic) bond motifs is 1. The largest absolute Gasteiger partial charge is 0.394 e. The van der Waals surface area contributed by atoms with Crippen molar-refractivity contribution in [2.75, 3.05) is 48.4 Å². The van der Waals surface area contributed by atoms with Gasteiger partial charge in [0.1, 0.15) is 17.3 Å². The van der Waals surface area contributed by atoms with Crippen LogP contribution in [0.5, 0.6) is 0 Å². The molecule has 1 fully saturated rings. The maximum atomic E-state index is 14.2. The Hall–Kier alpha value is -4.69. The van der Waals surface area contributed by atoms with Gasteiger partial charge in [0.05, 0.1) is 42.7 Å². The summed E-state index contributed by atoms with van der Waals surface area (Å²) in [6.07, 6.45) is 1.49. The Bertz CT molecular complexity index is 1530. The highest BCUT2D eigenvalue weighted by molar-refractivity contribution is 5.99. The normalized spacial score (nSPS) is 16.8. The number of nitrogens with one attached hydrogen (secondary N) is 3. The number of aromatic nitrogens is 4. The minimum absolute atomic E-state index is 0.0651. The summed E-state index contributed by atoms with van der Waals surface area (Å²) in [5.74, 6) is 0.0551. The van der Waals surface area contributed by atoms with E-state index in [9.17, 15) is 18.7 Å². The molecule has 1 saturated heterocycles. The number of rotatable bonds is 8. The van der Waals surface area contributed by atoms with Gasteiger partial charge in [0, 0.05) is 25.4 Å². The van der Waals surface area contributed by atoms with Crippen LogP contribution in [0.15, 0.2) is 59.3 Å². The number of pyridine rings is 2. The van der Waals surface area contributed by atoms with Gasteiger partial charge in [-0.1, -0.05) is 30.3 Å². The lowest BCUT2D eigenvalue weighted by atomic mass is 10.1. The summed E-state index contributed by atoms with van der Waals surface area (Å²) in [5, 5.41) is 22.1. The lowest BCUT2D eigenvalue weighted by molar-refractivity contribution is -0.0278. The molecule has 1 atom stereocenters. The highest BCUT2D eigenvalue weighted by Gasteiger charge is 2.45. The monoisotopic (exact) mass is 550 g/mol. The quantitative estimate of drug-likeness (QED) is 0.240. The van der Waals surface area contributed by atoms with Crippen molar-refractivity contribution in [1.82, 2.24) is 25.4 Å². The number of aliphatic hydroxyl groups excluding tert-OH is 1. The van der Waals surface area contributed by atoms with Crippen LogP contribution in [0.25, 0.3) is 11.5 Å². The van der Waals surface area contributed by atoms with Crippen LogP contribution in [0.1, 0.15) is 27.7 Å². The summed E-state index contributed by atoms with van der Waals surface area (Å²) in [7, 11) is 0. The molecule has 1 aromatic carbocycles. The number of morpholine rings is 1. The first-order valence-electron chi connectivity index (χ1n) is 12.5. The molecule has 206 valence electrons. The second-order valence-corrected chi connectivity index (χ2v) is 9.15. The van der Waals surface area contributed by atoms with Gasteiger partial charge in [-0.05, 0) is 22.9 Å². The number of ether oxygens (including phenoxy) is 1. The highest BCUT2D eigenvalue weighted by atomic mass is 19.3. The van der Waals surface area contributed by atoms with Crippen molar-refractivity contribution in [3.63, 3.8) is 0 Å². The number of amides is 1. The van der Waals surface area contributed by atoms with Gasteiger partial charge in [-0.2, -0.15) is 13.8 Å². The van der Waals surface area contributed by atoms with Crippen LogP contribution >= 0.6 is 0 Å². The summed E-state index contributed by atoms with van der Waals surface area (Å²) in [4.78, 5) is 26.6. The van der Waals surface area contributed by atoms with Gasteiger partial charge in [-0.15, -0.1) is 0 Å². The second-order valence-electron chi connectivity index (χ2n) is 9.15. The van der Waals surface area contributed by atoms with Gasteiger partial charge in [0.25, 0.3) is 17.7 Å². The minimum Gasteiger partial charge on any atom is -0.394 e. The van der Waals surface area contributed by atoms with E-state index in [-0.39, 0.29) is 29.7 Å². The van der Waals surface area contributed by atoms with Crippen molar-refractivity contribution in [2.45, 2.75) is 12.1 Å². The molecule has 0 radical (unpaired) electrons. The highest BCUT2D eigenvalue weighted by Crippen LogP contribution is 2.35. The van der Waals surface area contributed by atoms with Crippen molar-refractivity contribution >= 4 is 29.2 Å². The summed E-state index contributed by atoms with van der Waals surface area (Å²) < 4.78 is 39.3. The molecule has 0 bridgehead atoms. The van der Waals surface area contributed by atoms with Gasteiger partial charge in [0.15, 0.2) is 0 Å². The van der Waals surface area contributed by atoms with E-state index in [1.807, 2.05) is 35.2 Å². The molecule has 3 aromatic heterocycles. The predicted molar refractivity (Wildman–Crippen MR) is 139 cm³/mol. The third-order valence-corrected chi connectivity index (χ3v) is 6.52. The van der Waals surface area contributed by atoms with Gasteiger partial charge >= 0.3 is 6.05 Å². The average Bonchev–Trinajstić information content (AvgIpc) is 3.55. The number of hydrogen-bond donors (Lipinski definition) is 4. The van der Waals surface area contributed by atoms with E-state index in [0.717, 1.165) is 5.56 Å². The fourth-order valence-corrected chi connectivity index (χ4v) is 4.49. The third-order valence-electron chi connectivity index (χ3n) is 6.52. The Labute approximate surface area is 226 Å². The van der Waals surface area contributed by atoms with Crippen molar-refractivity contribution in [3.8, 4) is 11.5 Å². The molecular formula is C26H24F2N8O4. The van der Waals surface area contributed by atoms with Crippen LogP contribution in [0.2, 0.25) is 0 Å². The van der Waals surface area contributed by atoms with E-state index < -0.39 is 23.7 Å². The van der Waals surface area contributed by atoms with Crippen LogP contribution in [0.3, 0.4) is 0 Å². The first-order chi connectivity index (χ1) is 19.4. The zero-order valence-corrected chi connectivity index (χ0v) is 21.0. The summed E-state index contributed by atoms with van der Waals surface area (Å²) in [6, 6.07) is 9.59. The molecule has 14 heteroatoms. The maximum absolute atomic E-state index is 14.2. The Morgan fingerprint density at radius 1 is 1.07 bits per heavy atom. The molecule has 12 nitrogen and oxygen atoms in total. The van der Waals surface area contributed by atoms with Crippen molar-refractivity contribution in [3.05, 3.63) is 71.5 Å². The molecule has 40 heavy (non-hydrogen) atoms. The topological polar surface area (TPSA) is 151 Å². The summed E-state index contributed by atoms with van der Waals surface area (Å²) >= 11 is 0. The average molecular weight is 551 g/mol. The molecule has 1 amide bonds. The number of halogens is 2. The van der Waals surface area contributed by atoms with Crippen LogP contribution in [-0.2, 0) is 10.8 Å². The van der Waals surface area contributed by atoms with Crippen molar-refractivity contribution in [2.24, 2.45) is 0 Å². The zero-order valence-electron chi connectivity index (χ0n) is 21.0. The number of anilines is 4. The van der Waals surface area contributed by atoms with Gasteiger partial charge in [0.2, 0.25) is 0 Å². The van der Waals surface area contributed by atoms with Crippen LogP contribution < -0.4 is 20.9 Å². The zero-order chi connectivity index (χ0) is 27.7. The molecule has 0 spiro atoms. The molecular weight excluding hydrogens is 526 g/mol. The van der Waals surface area contributed by atoms with E-state index in [2.05, 4.69) is 30.7 Å². The molecule has 4 aromatic rings. The van der Waals surface area contributed by atoms with Crippen LogP contribution in [-0.4, -0.2) is 64.0 Å². The first kappa shape index (κ1) is 25.6. The molecule has 4 N–H and O–H groups in total. The Morgan fingerprint density at radius 3 is 2.65 bits per heavy atom. The lowest BCUT2D eigenvalue weighted by Crippen LogP contribution is -2.36. The van der Waals surface area contributed by atoms with E-state index in [0.29, 0.717) is 43.5 Å². The lowest BCUT2D eigenvalue weighted by Gasteiger charge is -2.24. The molecule has 0 saturated carbocycles. The molecule has 6 rings (SSSR count). The summed E-state index contributed by atoms with van der Waals surface area (Å²) in [6.45, 7) is 2.14. The minimum atomic E-state index is -3.58. The number of hydrogen-bond acceptors (Lipinski definition) is 11. The molecule has 2 aliphatic rings. The number of aliphatic hydroxyl groups is 1. The number of nitrogens with zero attached hydrogens (tertiary/aromatic N) is 5. The smallest absolute Gasteiger partial charge is 0.370 e. The van der Waals surface area contributed by atoms with Crippen LogP contribution in [0, 0.1) is 0 Å². The molecule has 0 aliphatic carbocycles. The van der Waals surface area contributed by atoms with Crippen molar-refractivity contribution in [1.29, 1.82) is 0 Å². The van der Waals surface area contributed by atoms with Crippen molar-refractivity contribution < 1.29 is 27.9 Å². The van der Waals surface area contributed by atoms with Gasteiger partial charge in [-0.25, -0.2) is 9.97 Å². The Morgan fingerprint density at radius 2 is 1.88 bits per heavy atom. The number of carbonyl (C=O) groups excluding carboxylic acids is 1. The predicted octanol–water partition coefficient (Wildman–Crippen LogP) is 3.05. The molecule has 0 unspecified atom stereocenters. The van der Waals surface area contributed by atoms with E-state index >= 15 is 0 Å². The fraction of sp³-hybridized carbons (Fsp3) is 0.269. The number of alkyl halides is 2. The van der Waals surface area contributed by atoms with E-state index in [1.54, 1.807) is 11.4 Å². The summed E-state index contributed by atoms with van der Waals surface area (Å²) in [5.41, 5.74) is 0.934. The van der Waals surface area contributed by atoms with Gasteiger partial charge < -0.3 is 29.9 Å². The molecule has 2 aliphatic heterocycles. The Balaban J connectivity index is 1.34. The van der Waals surface area contributed by atoms with E-state index in [1.165, 1.54) is 18.3 Å². The SMILES string of the molecule is O=C1NC(F)(F)c2nc(Nc3cc(N[C@H](CO)c4ccccc4)c(-c4nc(N5CCOCC5)no4)cn3)ccc21. The van der Waals surface area contributed by atoms with Gasteiger partial charge in [-0.3, -0.25) is 10.1 Å². The number of carbonyl (C=O) groups is 1. The standard InChI is InChI=1S/C26H24F2N8O4/c27-26(28)22-16(23(38)34-26)6-7-20(32-22)31-21-12-18(30-19(14-37)15-4-2-1-3-5-15)17(13-29-21)24-33-25(35-40-24)36-8-10-39-11-9-36/h1-7,12-13,19,37H,8-11,14H2,(H,34,38)(H2,29,30,31,32)/t19-/m1/s1.